The van der Waals surface area contributed by atoms with Crippen LogP contribution in [-0.4, -0.2) is 62.8 Å². The molecule has 0 unspecified atom stereocenters. The summed E-state index contributed by atoms with van der Waals surface area (Å²) >= 11 is 1.72. The number of carbonyl (C=O) groups is 3. The second-order valence-corrected chi connectivity index (χ2v) is 13.6. The van der Waals surface area contributed by atoms with E-state index in [-0.39, 0.29) is 51.2 Å². The van der Waals surface area contributed by atoms with Gasteiger partial charge in [0.05, 0.1) is 16.1 Å². The number of nitrogens with zero attached hydrogens (tertiary/aromatic N) is 3. The summed E-state index contributed by atoms with van der Waals surface area (Å²) in [5.74, 6) is -0.933. The normalized spacial score (nSPS) is 13.7. The number of pyridine rings is 1. The monoisotopic (exact) mass is 711 g/mol. The van der Waals surface area contributed by atoms with Crippen LogP contribution in [0.4, 0.5) is 10.5 Å². The predicted molar refractivity (Wildman–Crippen MR) is 204 cm³/mol. The molecule has 1 aliphatic carbocycles. The van der Waals surface area contributed by atoms with Crippen LogP contribution in [0.1, 0.15) is 22.6 Å². The van der Waals surface area contributed by atoms with Gasteiger partial charge in [-0.25, -0.2) is 4.79 Å². The minimum absolute atomic E-state index is 0.0167. The van der Waals surface area contributed by atoms with Gasteiger partial charge >= 0.3 is 12.1 Å². The van der Waals surface area contributed by atoms with Gasteiger partial charge in [-0.1, -0.05) is 97.2 Å². The zero-order valence-electron chi connectivity index (χ0n) is 28.9. The highest BCUT2D eigenvalue weighted by Gasteiger charge is 2.29. The SMILES string of the molecule is C=CCOC(=O)CN(CCNC(=O)OCC1c2ccccc2-c2ccccc21)C(=O)C[n+]1ccc(/C=C2\Sc3ccccc3N2C)c2ccccc21. The van der Waals surface area contributed by atoms with Crippen molar-refractivity contribution in [2.45, 2.75) is 17.4 Å². The quantitative estimate of drug-likeness (QED) is 0.0869. The fourth-order valence-electron chi connectivity index (χ4n) is 6.79. The van der Waals surface area contributed by atoms with Crippen molar-refractivity contribution in [3.05, 3.63) is 144 Å². The van der Waals surface area contributed by atoms with Crippen molar-refractivity contribution in [1.29, 1.82) is 0 Å². The first-order valence-electron chi connectivity index (χ1n) is 17.2. The minimum Gasteiger partial charge on any atom is -0.460 e. The van der Waals surface area contributed by atoms with Gasteiger partial charge in [-0.2, -0.15) is 4.57 Å². The molecule has 0 bridgehead atoms. The molecule has 2 heterocycles. The molecule has 2 aliphatic rings. The number of rotatable bonds is 12. The van der Waals surface area contributed by atoms with Crippen molar-refractivity contribution in [1.82, 2.24) is 10.2 Å². The van der Waals surface area contributed by atoms with E-state index in [0.717, 1.165) is 43.7 Å². The molecule has 262 valence electrons. The zero-order valence-corrected chi connectivity index (χ0v) is 29.7. The first-order chi connectivity index (χ1) is 25.4. The smallest absolute Gasteiger partial charge is 0.407 e. The van der Waals surface area contributed by atoms with E-state index in [1.165, 1.54) is 21.6 Å². The maximum Gasteiger partial charge on any atom is 0.407 e. The predicted octanol–water partition coefficient (Wildman–Crippen LogP) is 6.76. The van der Waals surface area contributed by atoms with Crippen LogP contribution in [0.15, 0.2) is 132 Å². The Hall–Kier alpha value is -5.87. The molecule has 9 nitrogen and oxygen atoms in total. The molecule has 1 aromatic heterocycles. The molecule has 4 aromatic carbocycles. The van der Waals surface area contributed by atoms with Crippen LogP contribution in [0.3, 0.4) is 0 Å². The van der Waals surface area contributed by atoms with E-state index in [9.17, 15) is 14.4 Å². The van der Waals surface area contributed by atoms with Gasteiger partial charge in [0.25, 0.3) is 5.91 Å². The summed E-state index contributed by atoms with van der Waals surface area (Å²) in [7, 11) is 2.06. The Morgan fingerprint density at radius 2 is 1.60 bits per heavy atom. The van der Waals surface area contributed by atoms with Crippen molar-refractivity contribution < 1.29 is 28.4 Å². The highest BCUT2D eigenvalue weighted by molar-refractivity contribution is 8.03. The van der Waals surface area contributed by atoms with Crippen LogP contribution >= 0.6 is 11.8 Å². The van der Waals surface area contributed by atoms with Crippen LogP contribution in [0.5, 0.6) is 0 Å². The maximum atomic E-state index is 13.8. The van der Waals surface area contributed by atoms with Gasteiger partial charge in [0.2, 0.25) is 12.1 Å². The van der Waals surface area contributed by atoms with Crippen molar-refractivity contribution in [3.8, 4) is 11.1 Å². The molecule has 1 N–H and O–H groups in total. The van der Waals surface area contributed by atoms with Gasteiger partial charge in [-0.15, -0.1) is 0 Å². The molecule has 0 spiro atoms. The molecule has 5 aromatic rings. The van der Waals surface area contributed by atoms with Gasteiger partial charge in [0.1, 0.15) is 19.8 Å². The van der Waals surface area contributed by atoms with E-state index in [4.69, 9.17) is 9.47 Å². The Labute approximate surface area is 307 Å². The van der Waals surface area contributed by atoms with Crippen LogP contribution in [0, 0.1) is 0 Å². The number of para-hydroxylation sites is 2. The molecule has 2 amide bonds. The van der Waals surface area contributed by atoms with E-state index in [2.05, 4.69) is 66.3 Å². The third-order valence-electron chi connectivity index (χ3n) is 9.34. The van der Waals surface area contributed by atoms with Gasteiger partial charge in [-0.05, 0) is 52.1 Å². The molecule has 0 saturated heterocycles. The number of hydrogen-bond acceptors (Lipinski definition) is 7. The van der Waals surface area contributed by atoms with Crippen molar-refractivity contribution in [2.24, 2.45) is 0 Å². The molecule has 7 rings (SSSR count). The number of hydrogen-bond donors (Lipinski definition) is 1. The molecular weight excluding hydrogens is 673 g/mol. The Morgan fingerprint density at radius 3 is 2.35 bits per heavy atom. The summed E-state index contributed by atoms with van der Waals surface area (Å²) in [5.41, 5.74) is 7.60. The van der Waals surface area contributed by atoms with Crippen molar-refractivity contribution in [3.63, 3.8) is 0 Å². The second-order valence-electron chi connectivity index (χ2n) is 12.6. The number of amides is 2. The molecular formula is C42H39N4O5S+. The summed E-state index contributed by atoms with van der Waals surface area (Å²) in [4.78, 5) is 44.1. The van der Waals surface area contributed by atoms with E-state index in [1.54, 1.807) is 11.8 Å². The van der Waals surface area contributed by atoms with Crippen LogP contribution in [0.25, 0.3) is 28.1 Å². The van der Waals surface area contributed by atoms with Gasteiger partial charge in [0, 0.05) is 43.1 Å². The molecule has 52 heavy (non-hydrogen) atoms. The standard InChI is InChI=1S/C42H38N4O5S/c1-3-24-50-41(48)27-46(23-21-43-42(49)51-28-35-33-15-6-4-13-31(33)32-14-5-7-16-34(32)35)39(47)26-45-22-20-29(30-12-8-9-17-36(30)45)25-40-44(2)37-18-10-11-19-38(37)52-40/h3-20,22,25,35H,1,21,23-24,26-28H2,2H3/p+1. The first kappa shape index (κ1) is 34.6. The number of thioether (sulfide) groups is 1. The number of anilines is 1. The Kier molecular flexibility index (Phi) is 10.4. The third-order valence-corrected chi connectivity index (χ3v) is 10.5. The third kappa shape index (κ3) is 7.29. The topological polar surface area (TPSA) is 92.1 Å². The Balaban J connectivity index is 1.02. The highest BCUT2D eigenvalue weighted by Crippen LogP contribution is 2.46. The Bertz CT molecular complexity index is 2160. The number of ether oxygens (including phenoxy) is 2. The van der Waals surface area contributed by atoms with E-state index >= 15 is 0 Å². The van der Waals surface area contributed by atoms with Crippen molar-refractivity contribution >= 4 is 52.4 Å². The number of aromatic nitrogens is 1. The lowest BCUT2D eigenvalue weighted by Gasteiger charge is -2.21. The summed E-state index contributed by atoms with van der Waals surface area (Å²) in [6.45, 7) is 3.69. The van der Waals surface area contributed by atoms with E-state index in [1.807, 2.05) is 77.5 Å². The van der Waals surface area contributed by atoms with Gasteiger partial charge in [-0.3, -0.25) is 9.59 Å². The molecule has 1 aliphatic heterocycles. The summed E-state index contributed by atoms with van der Waals surface area (Å²) in [6, 6.07) is 34.5. The number of benzene rings is 4. The highest BCUT2D eigenvalue weighted by atomic mass is 32.2. The molecule has 10 heteroatoms. The zero-order chi connectivity index (χ0) is 36.0. The summed E-state index contributed by atoms with van der Waals surface area (Å²) in [6.07, 6.45) is 4.93. The molecule has 0 saturated carbocycles. The number of esters is 1. The van der Waals surface area contributed by atoms with Crippen LogP contribution in [-0.2, 0) is 25.6 Å². The summed E-state index contributed by atoms with van der Waals surface area (Å²) in [5, 5.41) is 4.85. The van der Waals surface area contributed by atoms with Gasteiger partial charge in [0.15, 0.2) is 6.20 Å². The van der Waals surface area contributed by atoms with E-state index < -0.39 is 12.1 Å². The number of carbonyl (C=O) groups excluding carboxylic acids is 3. The molecule has 0 atom stereocenters. The van der Waals surface area contributed by atoms with Crippen LogP contribution < -0.4 is 14.8 Å². The van der Waals surface area contributed by atoms with Crippen molar-refractivity contribution in [2.75, 3.05) is 44.8 Å². The lowest BCUT2D eigenvalue weighted by Crippen LogP contribution is -2.49. The van der Waals surface area contributed by atoms with Gasteiger partial charge < -0.3 is 24.6 Å². The van der Waals surface area contributed by atoms with E-state index in [0.29, 0.717) is 0 Å². The fourth-order valence-corrected chi connectivity index (χ4v) is 7.89. The number of alkyl carbamates (subject to hydrolysis) is 1. The lowest BCUT2D eigenvalue weighted by atomic mass is 9.98. The average Bonchev–Trinajstić information content (AvgIpc) is 3.67. The number of fused-ring (bicyclic) bond motifs is 5. The largest absolute Gasteiger partial charge is 0.460 e. The minimum atomic E-state index is -0.595. The summed E-state index contributed by atoms with van der Waals surface area (Å²) < 4.78 is 12.8. The first-order valence-corrected chi connectivity index (χ1v) is 18.0. The number of nitrogens with one attached hydrogen (secondary N) is 1. The van der Waals surface area contributed by atoms with Crippen LogP contribution in [0.2, 0.25) is 0 Å². The lowest BCUT2D eigenvalue weighted by molar-refractivity contribution is -0.659. The Morgan fingerprint density at radius 1 is 0.904 bits per heavy atom. The average molecular weight is 712 g/mol. The maximum absolute atomic E-state index is 13.8. The fraction of sp³-hybridized carbons (Fsp3) is 0.190. The second kappa shape index (κ2) is 15.6. The molecule has 0 radical (unpaired) electrons. The molecule has 0 fully saturated rings.